The van der Waals surface area contributed by atoms with Gasteiger partial charge in [-0.1, -0.05) is 20.8 Å². The van der Waals surface area contributed by atoms with Crippen molar-refractivity contribution in [1.82, 2.24) is 10.6 Å². The molecule has 3 nitrogen and oxygen atoms in total. The van der Waals surface area contributed by atoms with Crippen molar-refractivity contribution >= 4 is 5.91 Å². The Morgan fingerprint density at radius 2 is 1.92 bits per heavy atom. The van der Waals surface area contributed by atoms with Crippen LogP contribution in [0.5, 0.6) is 0 Å². The van der Waals surface area contributed by atoms with E-state index in [1.807, 2.05) is 0 Å². The van der Waals surface area contributed by atoms with Crippen molar-refractivity contribution in [3.8, 4) is 0 Å². The molecule has 12 heavy (non-hydrogen) atoms. The zero-order valence-corrected chi connectivity index (χ0v) is 8.53. The minimum absolute atomic E-state index is 0.0453. The van der Waals surface area contributed by atoms with Crippen molar-refractivity contribution in [3.05, 3.63) is 0 Å². The highest BCUT2D eigenvalue weighted by Gasteiger charge is 2.08. The highest BCUT2D eigenvalue weighted by atomic mass is 16.1. The molecule has 0 aliphatic heterocycles. The first-order valence-corrected chi connectivity index (χ1v) is 4.37. The van der Waals surface area contributed by atoms with Crippen LogP contribution in [0.4, 0.5) is 0 Å². The Morgan fingerprint density at radius 1 is 1.33 bits per heavy atom. The maximum atomic E-state index is 10.8. The number of carbonyl (C=O) groups excluding carboxylic acids is 1. The number of hydrogen-bond donors (Lipinski definition) is 2. The molecule has 0 unspecified atom stereocenters. The average Bonchev–Trinajstić information content (AvgIpc) is 1.96. The second-order valence-corrected chi connectivity index (χ2v) is 4.16. The Bertz CT molecular complexity index is 138. The van der Waals surface area contributed by atoms with Gasteiger partial charge in [0.1, 0.15) is 0 Å². The Balaban J connectivity index is 3.28. The molecule has 0 aliphatic rings. The van der Waals surface area contributed by atoms with Gasteiger partial charge < -0.3 is 10.6 Å². The molecule has 0 radical (unpaired) electrons. The van der Waals surface area contributed by atoms with Crippen LogP contribution in [0.25, 0.3) is 0 Å². The lowest BCUT2D eigenvalue weighted by atomic mass is 9.92. The van der Waals surface area contributed by atoms with Gasteiger partial charge in [0.2, 0.25) is 5.91 Å². The van der Waals surface area contributed by atoms with Gasteiger partial charge in [-0.15, -0.1) is 0 Å². The summed E-state index contributed by atoms with van der Waals surface area (Å²) < 4.78 is 0. The lowest BCUT2D eigenvalue weighted by molar-refractivity contribution is -0.119. The molecule has 0 aromatic heterocycles. The fourth-order valence-corrected chi connectivity index (χ4v) is 0.754. The maximum absolute atomic E-state index is 10.8. The quantitative estimate of drug-likeness (QED) is 0.615. The molecule has 0 saturated heterocycles. The van der Waals surface area contributed by atoms with Crippen LogP contribution >= 0.6 is 0 Å². The van der Waals surface area contributed by atoms with E-state index in [-0.39, 0.29) is 5.91 Å². The highest BCUT2D eigenvalue weighted by Crippen LogP contribution is 2.16. The summed E-state index contributed by atoms with van der Waals surface area (Å²) in [6.07, 6.45) is 1.09. The predicted octanol–water partition coefficient (Wildman–Crippen LogP) is 0.758. The summed E-state index contributed by atoms with van der Waals surface area (Å²) in [5.74, 6) is 0.0453. The summed E-state index contributed by atoms with van der Waals surface area (Å²) >= 11 is 0. The van der Waals surface area contributed by atoms with Crippen LogP contribution < -0.4 is 10.6 Å². The van der Waals surface area contributed by atoms with Gasteiger partial charge >= 0.3 is 0 Å². The Morgan fingerprint density at radius 3 is 2.33 bits per heavy atom. The maximum Gasteiger partial charge on any atom is 0.233 e. The van der Waals surface area contributed by atoms with Crippen LogP contribution in [0, 0.1) is 5.41 Å². The lowest BCUT2D eigenvalue weighted by Gasteiger charge is -2.17. The number of rotatable bonds is 4. The van der Waals surface area contributed by atoms with Crippen molar-refractivity contribution < 1.29 is 4.79 Å². The molecule has 0 aromatic rings. The normalized spacial score (nSPS) is 11.3. The van der Waals surface area contributed by atoms with Gasteiger partial charge in [0, 0.05) is 7.05 Å². The molecule has 0 atom stereocenters. The van der Waals surface area contributed by atoms with Gasteiger partial charge in [0.05, 0.1) is 6.54 Å². The van der Waals surface area contributed by atoms with E-state index in [1.165, 1.54) is 0 Å². The summed E-state index contributed by atoms with van der Waals surface area (Å²) in [4.78, 5) is 10.8. The van der Waals surface area contributed by atoms with Crippen LogP contribution in [0.3, 0.4) is 0 Å². The summed E-state index contributed by atoms with van der Waals surface area (Å²) in [7, 11) is 1.65. The van der Waals surface area contributed by atoms with Crippen molar-refractivity contribution in [2.75, 3.05) is 20.1 Å². The van der Waals surface area contributed by atoms with Crippen LogP contribution in [0.2, 0.25) is 0 Å². The van der Waals surface area contributed by atoms with Crippen molar-refractivity contribution in [3.63, 3.8) is 0 Å². The van der Waals surface area contributed by atoms with E-state index in [2.05, 4.69) is 31.4 Å². The SMILES string of the molecule is CNC(=O)CNCCC(C)(C)C. The van der Waals surface area contributed by atoms with E-state index in [1.54, 1.807) is 7.05 Å². The molecular weight excluding hydrogens is 152 g/mol. The summed E-state index contributed by atoms with van der Waals surface area (Å²) in [5, 5.41) is 5.64. The van der Waals surface area contributed by atoms with E-state index >= 15 is 0 Å². The van der Waals surface area contributed by atoms with Gasteiger partial charge in [-0.3, -0.25) is 4.79 Å². The predicted molar refractivity (Wildman–Crippen MR) is 51.0 cm³/mol. The van der Waals surface area contributed by atoms with Gasteiger partial charge in [0.25, 0.3) is 0 Å². The minimum Gasteiger partial charge on any atom is -0.358 e. The van der Waals surface area contributed by atoms with Gasteiger partial charge in [-0.2, -0.15) is 0 Å². The molecule has 0 aromatic carbocycles. The molecular formula is C9H20N2O. The van der Waals surface area contributed by atoms with Crippen LogP contribution in [-0.2, 0) is 4.79 Å². The average molecular weight is 172 g/mol. The molecule has 0 saturated carbocycles. The highest BCUT2D eigenvalue weighted by molar-refractivity contribution is 5.77. The molecule has 0 spiro atoms. The second kappa shape index (κ2) is 5.14. The van der Waals surface area contributed by atoms with Crippen LogP contribution in [-0.4, -0.2) is 26.0 Å². The van der Waals surface area contributed by atoms with Gasteiger partial charge in [-0.25, -0.2) is 0 Å². The molecule has 0 bridgehead atoms. The van der Waals surface area contributed by atoms with Crippen LogP contribution in [0.15, 0.2) is 0 Å². The third-order valence-electron chi connectivity index (χ3n) is 1.62. The first-order valence-electron chi connectivity index (χ1n) is 4.37. The molecule has 3 heteroatoms. The van der Waals surface area contributed by atoms with E-state index in [0.717, 1.165) is 13.0 Å². The lowest BCUT2D eigenvalue weighted by Crippen LogP contribution is -2.32. The number of amides is 1. The van der Waals surface area contributed by atoms with E-state index < -0.39 is 0 Å². The molecule has 0 heterocycles. The third kappa shape index (κ3) is 7.54. The zero-order valence-electron chi connectivity index (χ0n) is 8.53. The second-order valence-electron chi connectivity index (χ2n) is 4.16. The molecule has 72 valence electrons. The largest absolute Gasteiger partial charge is 0.358 e. The molecule has 1 amide bonds. The van der Waals surface area contributed by atoms with Gasteiger partial charge in [0.15, 0.2) is 0 Å². The van der Waals surface area contributed by atoms with Crippen molar-refractivity contribution in [2.24, 2.45) is 5.41 Å². The molecule has 2 N–H and O–H groups in total. The first-order chi connectivity index (χ1) is 5.45. The Hall–Kier alpha value is -0.570. The first kappa shape index (κ1) is 11.4. The number of likely N-dealkylation sites (N-methyl/N-ethyl adjacent to an activating group) is 1. The monoisotopic (exact) mass is 172 g/mol. The van der Waals surface area contributed by atoms with E-state index in [9.17, 15) is 4.79 Å². The Kier molecular flexibility index (Phi) is 4.90. The Labute approximate surface area is 74.9 Å². The fourth-order valence-electron chi connectivity index (χ4n) is 0.754. The van der Waals surface area contributed by atoms with Crippen molar-refractivity contribution in [1.29, 1.82) is 0 Å². The van der Waals surface area contributed by atoms with E-state index in [0.29, 0.717) is 12.0 Å². The van der Waals surface area contributed by atoms with Gasteiger partial charge in [-0.05, 0) is 18.4 Å². The van der Waals surface area contributed by atoms with Crippen LogP contribution in [0.1, 0.15) is 27.2 Å². The third-order valence-corrected chi connectivity index (χ3v) is 1.62. The molecule has 0 fully saturated rings. The summed E-state index contributed by atoms with van der Waals surface area (Å²) in [6.45, 7) is 7.89. The smallest absolute Gasteiger partial charge is 0.233 e. The summed E-state index contributed by atoms with van der Waals surface area (Å²) in [5.41, 5.74) is 0.343. The number of carbonyl (C=O) groups is 1. The van der Waals surface area contributed by atoms with Crippen molar-refractivity contribution in [2.45, 2.75) is 27.2 Å². The summed E-state index contributed by atoms with van der Waals surface area (Å²) in [6, 6.07) is 0. The standard InChI is InChI=1S/C9H20N2O/c1-9(2,3)5-6-11-7-8(12)10-4/h11H,5-7H2,1-4H3,(H,10,12). The minimum atomic E-state index is 0.0453. The zero-order chi connectivity index (χ0) is 9.61. The van der Waals surface area contributed by atoms with E-state index in [4.69, 9.17) is 0 Å². The molecule has 0 aliphatic carbocycles. The fraction of sp³-hybridized carbons (Fsp3) is 0.889. The number of nitrogens with one attached hydrogen (secondary N) is 2. The topological polar surface area (TPSA) is 41.1 Å². The number of hydrogen-bond acceptors (Lipinski definition) is 2. The molecule has 0 rings (SSSR count).